The van der Waals surface area contributed by atoms with Crippen LogP contribution < -0.4 is 10.1 Å². The number of hydrogen-bond donors (Lipinski definition) is 1. The number of benzene rings is 1. The SMILES string of the molecule is CS(=O)(=O)c1cc(CNc2ncc(C(=O)N3CCCOC3)cn2)cc(OC(F)(F)F)c1. The lowest BCUT2D eigenvalue weighted by atomic mass is 10.2. The van der Waals surface area contributed by atoms with E-state index in [1.54, 1.807) is 0 Å². The molecule has 1 amide bonds. The molecule has 3 rings (SSSR count). The van der Waals surface area contributed by atoms with Crippen LogP contribution >= 0.6 is 0 Å². The molecule has 1 aliphatic rings. The fraction of sp³-hybridized carbons (Fsp3) is 0.389. The first-order valence-electron chi connectivity index (χ1n) is 9.04. The number of hydrogen-bond acceptors (Lipinski definition) is 8. The van der Waals surface area contributed by atoms with Gasteiger partial charge in [0.25, 0.3) is 5.91 Å². The molecule has 0 spiro atoms. The van der Waals surface area contributed by atoms with Crippen molar-refractivity contribution in [1.82, 2.24) is 14.9 Å². The van der Waals surface area contributed by atoms with Gasteiger partial charge in [-0.2, -0.15) is 0 Å². The molecule has 168 valence electrons. The van der Waals surface area contributed by atoms with Crippen LogP contribution in [-0.2, 0) is 21.1 Å². The lowest BCUT2D eigenvalue weighted by Gasteiger charge is -2.26. The number of carbonyl (C=O) groups is 1. The maximum atomic E-state index is 12.5. The summed E-state index contributed by atoms with van der Waals surface area (Å²) in [6, 6.07) is 3.08. The minimum absolute atomic E-state index is 0.0785. The summed E-state index contributed by atoms with van der Waals surface area (Å²) in [5, 5.41) is 2.77. The molecule has 9 nitrogen and oxygen atoms in total. The molecule has 0 atom stereocenters. The lowest BCUT2D eigenvalue weighted by Crippen LogP contribution is -2.38. The van der Waals surface area contributed by atoms with Crippen LogP contribution in [0.4, 0.5) is 19.1 Å². The third-order valence-corrected chi connectivity index (χ3v) is 5.29. The average molecular weight is 460 g/mol. The molecule has 1 aromatic carbocycles. The summed E-state index contributed by atoms with van der Waals surface area (Å²) in [6.07, 6.45) is -0.720. The number of carbonyl (C=O) groups excluding carboxylic acids is 1. The van der Waals surface area contributed by atoms with Gasteiger partial charge in [0.2, 0.25) is 5.95 Å². The van der Waals surface area contributed by atoms with Crippen molar-refractivity contribution < 1.29 is 35.9 Å². The number of sulfone groups is 1. The maximum Gasteiger partial charge on any atom is 0.573 e. The summed E-state index contributed by atoms with van der Waals surface area (Å²) in [5.41, 5.74) is 0.465. The van der Waals surface area contributed by atoms with Gasteiger partial charge in [0, 0.05) is 31.7 Å². The van der Waals surface area contributed by atoms with Crippen molar-refractivity contribution in [3.63, 3.8) is 0 Å². The molecule has 0 aliphatic carbocycles. The largest absolute Gasteiger partial charge is 0.573 e. The van der Waals surface area contributed by atoms with Crippen LogP contribution in [0.1, 0.15) is 22.3 Å². The molecule has 31 heavy (non-hydrogen) atoms. The first-order chi connectivity index (χ1) is 14.5. The standard InChI is InChI=1S/C18H19F3N4O5S/c1-31(27,28)15-6-12(5-14(7-15)30-18(19,20)21)8-22-17-23-9-13(10-24-17)16(26)25-3-2-4-29-11-25/h5-7,9-10H,2-4,8,11H2,1H3,(H,22,23,24). The molecule has 1 aromatic heterocycles. The van der Waals surface area contributed by atoms with E-state index in [0.717, 1.165) is 24.8 Å². The van der Waals surface area contributed by atoms with Crippen molar-refractivity contribution in [1.29, 1.82) is 0 Å². The van der Waals surface area contributed by atoms with Gasteiger partial charge in [0.05, 0.1) is 17.1 Å². The second kappa shape index (κ2) is 9.06. The van der Waals surface area contributed by atoms with E-state index in [9.17, 15) is 26.4 Å². The number of halogens is 3. The maximum absolute atomic E-state index is 12.5. The number of nitrogens with one attached hydrogen (secondary N) is 1. The second-order valence-corrected chi connectivity index (χ2v) is 8.76. The van der Waals surface area contributed by atoms with Gasteiger partial charge in [-0.25, -0.2) is 18.4 Å². The van der Waals surface area contributed by atoms with Crippen molar-refractivity contribution >= 4 is 21.7 Å². The van der Waals surface area contributed by atoms with E-state index < -0.39 is 21.9 Å². The molecule has 1 saturated heterocycles. The second-order valence-electron chi connectivity index (χ2n) is 6.74. The minimum atomic E-state index is -4.97. The van der Waals surface area contributed by atoms with E-state index in [1.165, 1.54) is 23.4 Å². The summed E-state index contributed by atoms with van der Waals surface area (Å²) in [7, 11) is -3.77. The normalized spacial score (nSPS) is 14.9. The molecule has 0 unspecified atom stereocenters. The zero-order valence-corrected chi connectivity index (χ0v) is 17.2. The Hall–Kier alpha value is -2.93. The van der Waals surface area contributed by atoms with Gasteiger partial charge in [-0.05, 0) is 30.2 Å². The van der Waals surface area contributed by atoms with Crippen LogP contribution in [0.5, 0.6) is 5.75 Å². The third kappa shape index (κ3) is 6.52. The summed E-state index contributed by atoms with van der Waals surface area (Å²) in [4.78, 5) is 21.6. The molecule has 0 saturated carbocycles. The first-order valence-corrected chi connectivity index (χ1v) is 10.9. The van der Waals surface area contributed by atoms with Crippen molar-refractivity contribution in [3.8, 4) is 5.75 Å². The highest BCUT2D eigenvalue weighted by Gasteiger charge is 2.31. The van der Waals surface area contributed by atoms with E-state index in [1.807, 2.05) is 0 Å². The van der Waals surface area contributed by atoms with Crippen molar-refractivity contribution in [2.75, 3.05) is 31.5 Å². The Kier molecular flexibility index (Phi) is 6.65. The zero-order valence-electron chi connectivity index (χ0n) is 16.3. The molecule has 1 N–H and O–H groups in total. The predicted octanol–water partition coefficient (Wildman–Crippen LogP) is 2.21. The predicted molar refractivity (Wildman–Crippen MR) is 102 cm³/mol. The Morgan fingerprint density at radius 2 is 1.97 bits per heavy atom. The quantitative estimate of drug-likeness (QED) is 0.699. The van der Waals surface area contributed by atoms with Crippen LogP contribution in [0, 0.1) is 0 Å². The van der Waals surface area contributed by atoms with Crippen LogP contribution in [0.15, 0.2) is 35.5 Å². The Bertz CT molecular complexity index is 1040. The fourth-order valence-corrected chi connectivity index (χ4v) is 3.49. The Morgan fingerprint density at radius 3 is 2.55 bits per heavy atom. The Balaban J connectivity index is 1.71. The summed E-state index contributed by atoms with van der Waals surface area (Å²) < 4.78 is 70.3. The number of aromatic nitrogens is 2. The van der Waals surface area contributed by atoms with Crippen LogP contribution in [0.25, 0.3) is 0 Å². The minimum Gasteiger partial charge on any atom is -0.406 e. The van der Waals surface area contributed by atoms with Crippen molar-refractivity contribution in [2.24, 2.45) is 0 Å². The number of amides is 1. The highest BCUT2D eigenvalue weighted by atomic mass is 32.2. The summed E-state index contributed by atoms with van der Waals surface area (Å²) in [5.74, 6) is -0.826. The van der Waals surface area contributed by atoms with Crippen molar-refractivity contribution in [2.45, 2.75) is 24.2 Å². The van der Waals surface area contributed by atoms with Crippen LogP contribution in [0.3, 0.4) is 0 Å². The highest BCUT2D eigenvalue weighted by Crippen LogP contribution is 2.27. The van der Waals surface area contributed by atoms with E-state index >= 15 is 0 Å². The smallest absolute Gasteiger partial charge is 0.406 e. The number of nitrogens with zero attached hydrogens (tertiary/aromatic N) is 3. The molecule has 13 heteroatoms. The fourth-order valence-electron chi connectivity index (χ4n) is 2.79. The topological polar surface area (TPSA) is 111 Å². The number of anilines is 1. The van der Waals surface area contributed by atoms with Gasteiger partial charge in [-0.3, -0.25) is 4.79 Å². The van der Waals surface area contributed by atoms with Crippen molar-refractivity contribution in [3.05, 3.63) is 41.7 Å². The number of alkyl halides is 3. The van der Waals surface area contributed by atoms with E-state index in [2.05, 4.69) is 20.0 Å². The van der Waals surface area contributed by atoms with Gasteiger partial charge in [0.1, 0.15) is 12.5 Å². The summed E-state index contributed by atoms with van der Waals surface area (Å²) in [6.45, 7) is 1.28. The van der Waals surface area contributed by atoms with Crippen LogP contribution in [-0.4, -0.2) is 61.7 Å². The van der Waals surface area contributed by atoms with Crippen LogP contribution in [0.2, 0.25) is 0 Å². The van der Waals surface area contributed by atoms with E-state index in [0.29, 0.717) is 13.2 Å². The molecule has 1 aliphatic heterocycles. The third-order valence-electron chi connectivity index (χ3n) is 4.20. The van der Waals surface area contributed by atoms with E-state index in [4.69, 9.17) is 4.74 Å². The highest BCUT2D eigenvalue weighted by molar-refractivity contribution is 7.90. The monoisotopic (exact) mass is 460 g/mol. The lowest BCUT2D eigenvalue weighted by molar-refractivity contribution is -0.274. The Morgan fingerprint density at radius 1 is 1.26 bits per heavy atom. The van der Waals surface area contributed by atoms with Gasteiger partial charge >= 0.3 is 6.36 Å². The first kappa shape index (κ1) is 22.7. The zero-order chi connectivity index (χ0) is 22.6. The summed E-state index contributed by atoms with van der Waals surface area (Å²) >= 11 is 0. The number of ether oxygens (including phenoxy) is 2. The van der Waals surface area contributed by atoms with Gasteiger partial charge in [-0.15, -0.1) is 13.2 Å². The molecular weight excluding hydrogens is 441 g/mol. The van der Waals surface area contributed by atoms with Gasteiger partial charge in [-0.1, -0.05) is 0 Å². The molecular formula is C18H19F3N4O5S. The average Bonchev–Trinajstić information content (AvgIpc) is 2.71. The number of rotatable bonds is 6. The molecule has 2 heterocycles. The van der Waals surface area contributed by atoms with Gasteiger partial charge < -0.3 is 19.7 Å². The molecule has 2 aromatic rings. The Labute approximate surface area is 176 Å². The van der Waals surface area contributed by atoms with Gasteiger partial charge in [0.15, 0.2) is 9.84 Å². The molecule has 0 radical (unpaired) electrons. The van der Waals surface area contributed by atoms with E-state index in [-0.39, 0.29) is 41.2 Å². The molecule has 1 fully saturated rings. The molecule has 0 bridgehead atoms.